The van der Waals surface area contributed by atoms with Gasteiger partial charge in [0.2, 0.25) is 0 Å². The van der Waals surface area contributed by atoms with E-state index in [4.69, 9.17) is 10.2 Å². The van der Waals surface area contributed by atoms with Gasteiger partial charge >= 0.3 is 18.0 Å². The van der Waals surface area contributed by atoms with Gasteiger partial charge in [-0.3, -0.25) is 0 Å². The Morgan fingerprint density at radius 2 is 1.80 bits per heavy atom. The highest BCUT2D eigenvalue weighted by atomic mass is 16.4. The molecule has 0 spiro atoms. The number of nitrogens with zero attached hydrogens (tertiary/aromatic N) is 2. The van der Waals surface area contributed by atoms with Gasteiger partial charge in [-0.05, 0) is 49.9 Å². The first-order valence-electron chi connectivity index (χ1n) is 12.2. The monoisotopic (exact) mass is 484 g/mol. The van der Waals surface area contributed by atoms with E-state index in [9.17, 15) is 14.4 Å². The summed E-state index contributed by atoms with van der Waals surface area (Å²) in [6.45, 7) is 6.85. The van der Waals surface area contributed by atoms with Crippen molar-refractivity contribution in [3.8, 4) is 0 Å². The second kappa shape index (κ2) is 11.9. The van der Waals surface area contributed by atoms with E-state index in [0.717, 1.165) is 45.3 Å². The number of H-pyrrole nitrogens is 1. The number of hydrogen-bond donors (Lipinski definition) is 4. The van der Waals surface area contributed by atoms with Gasteiger partial charge in [0.05, 0.1) is 0 Å². The minimum absolute atomic E-state index is 0.104. The van der Waals surface area contributed by atoms with Crippen LogP contribution in [0.2, 0.25) is 0 Å². The molecule has 1 aromatic heterocycles. The summed E-state index contributed by atoms with van der Waals surface area (Å²) in [6, 6.07) is 7.45. The first-order chi connectivity index (χ1) is 16.7. The number of amides is 2. The van der Waals surface area contributed by atoms with E-state index in [2.05, 4.69) is 60.5 Å². The Labute approximate surface area is 205 Å². The van der Waals surface area contributed by atoms with Crippen LogP contribution < -0.4 is 5.32 Å². The van der Waals surface area contributed by atoms with E-state index >= 15 is 0 Å². The molecule has 2 aliphatic rings. The third kappa shape index (κ3) is 6.42. The highest BCUT2D eigenvalue weighted by Crippen LogP contribution is 2.42. The number of carbonyl (C=O) groups excluding carboxylic acids is 1. The number of urea groups is 1. The molecule has 1 saturated heterocycles. The van der Waals surface area contributed by atoms with Crippen LogP contribution in [0.25, 0.3) is 10.9 Å². The predicted octanol–water partition coefficient (Wildman–Crippen LogP) is 3.42. The normalized spacial score (nSPS) is 21.2. The van der Waals surface area contributed by atoms with Gasteiger partial charge in [0.25, 0.3) is 0 Å². The molecule has 0 radical (unpaired) electrons. The lowest BCUT2D eigenvalue weighted by Crippen LogP contribution is -2.56. The van der Waals surface area contributed by atoms with Gasteiger partial charge in [-0.2, -0.15) is 0 Å². The van der Waals surface area contributed by atoms with Crippen molar-refractivity contribution in [1.82, 2.24) is 20.1 Å². The lowest BCUT2D eigenvalue weighted by atomic mass is 9.74. The zero-order chi connectivity index (χ0) is 25.5. The van der Waals surface area contributed by atoms with Crippen LogP contribution in [-0.2, 0) is 16.0 Å². The zero-order valence-electron chi connectivity index (χ0n) is 20.7. The maximum Gasteiger partial charge on any atom is 0.328 e. The Bertz CT molecular complexity index is 1060. The van der Waals surface area contributed by atoms with Crippen LogP contribution in [0.4, 0.5) is 4.79 Å². The minimum Gasteiger partial charge on any atom is -0.478 e. The Morgan fingerprint density at radius 1 is 1.14 bits per heavy atom. The maximum absolute atomic E-state index is 12.8. The fraction of sp³-hybridized carbons (Fsp3) is 0.500. The van der Waals surface area contributed by atoms with Gasteiger partial charge in [-0.1, -0.05) is 26.0 Å². The summed E-state index contributed by atoms with van der Waals surface area (Å²) in [4.78, 5) is 39.8. The van der Waals surface area contributed by atoms with Gasteiger partial charge in [0, 0.05) is 66.9 Å². The second-order valence-corrected chi connectivity index (χ2v) is 9.28. The summed E-state index contributed by atoms with van der Waals surface area (Å²) in [5.74, 6) is -2.04. The summed E-state index contributed by atoms with van der Waals surface area (Å²) in [5, 5.41) is 20.4. The van der Waals surface area contributed by atoms with Crippen LogP contribution in [0.1, 0.15) is 50.2 Å². The number of nitrogens with one attached hydrogen (secondary N) is 2. The zero-order valence-corrected chi connectivity index (χ0v) is 20.7. The largest absolute Gasteiger partial charge is 0.478 e. The van der Waals surface area contributed by atoms with E-state index in [1.807, 2.05) is 4.90 Å². The second-order valence-electron chi connectivity index (χ2n) is 9.28. The molecule has 1 aromatic carbocycles. The molecule has 1 fully saturated rings. The molecule has 2 heterocycles. The van der Waals surface area contributed by atoms with Gasteiger partial charge in [-0.25, -0.2) is 14.4 Å². The Balaban J connectivity index is 0.000000371. The molecule has 9 nitrogen and oxygen atoms in total. The fourth-order valence-corrected chi connectivity index (χ4v) is 5.31. The third-order valence-corrected chi connectivity index (χ3v) is 6.70. The Hall–Kier alpha value is -3.33. The van der Waals surface area contributed by atoms with Crippen molar-refractivity contribution in [2.75, 3.05) is 26.7 Å². The van der Waals surface area contributed by atoms with Crippen LogP contribution in [0.15, 0.2) is 36.5 Å². The molecule has 3 atom stereocenters. The van der Waals surface area contributed by atoms with E-state index < -0.39 is 11.9 Å². The molecule has 2 amide bonds. The lowest BCUT2D eigenvalue weighted by Gasteiger charge is -2.46. The summed E-state index contributed by atoms with van der Waals surface area (Å²) in [5.41, 5.74) is 4.13. The number of likely N-dealkylation sites (N-methyl/N-ethyl adjacent to an activating group) is 1. The molecule has 1 aliphatic heterocycles. The number of carboxylic acid groups (broad SMARTS) is 2. The number of aromatic amines is 1. The van der Waals surface area contributed by atoms with Gasteiger partial charge in [-0.15, -0.1) is 0 Å². The number of hydrogen-bond acceptors (Lipinski definition) is 4. The van der Waals surface area contributed by atoms with Crippen LogP contribution in [0, 0.1) is 0 Å². The molecule has 4 N–H and O–H groups in total. The molecule has 9 heteroatoms. The first kappa shape index (κ1) is 26.3. The summed E-state index contributed by atoms with van der Waals surface area (Å²) < 4.78 is 0. The molecule has 35 heavy (non-hydrogen) atoms. The number of carbonyl (C=O) groups is 3. The number of likely N-dealkylation sites (tertiary alicyclic amines) is 1. The van der Waals surface area contributed by atoms with Crippen molar-refractivity contribution in [2.24, 2.45) is 0 Å². The molecule has 190 valence electrons. The quantitative estimate of drug-likeness (QED) is 0.446. The molecule has 1 aliphatic carbocycles. The Kier molecular flexibility index (Phi) is 8.92. The van der Waals surface area contributed by atoms with Crippen molar-refractivity contribution >= 4 is 28.9 Å². The smallest absolute Gasteiger partial charge is 0.328 e. The maximum atomic E-state index is 12.8. The van der Waals surface area contributed by atoms with Crippen molar-refractivity contribution in [2.45, 2.75) is 57.5 Å². The van der Waals surface area contributed by atoms with Crippen LogP contribution >= 0.6 is 0 Å². The Morgan fingerprint density at radius 3 is 2.40 bits per heavy atom. The molecule has 0 bridgehead atoms. The average molecular weight is 485 g/mol. The van der Waals surface area contributed by atoms with Crippen molar-refractivity contribution in [3.05, 3.63) is 47.7 Å². The molecular weight excluding hydrogens is 448 g/mol. The lowest BCUT2D eigenvalue weighted by molar-refractivity contribution is -0.134. The highest BCUT2D eigenvalue weighted by Gasteiger charge is 2.40. The standard InChI is InChI=1S/C22H32N4O.C4H4O4/c1-4-9-26(10-5-2)22(27)24-16-12-18-17-7-6-8-19-21(17)15(13-23-19)11-20(18)25(3)14-16;5-3(6)1-2-4(7)8/h6-8,13,16,18,20,23H,4-5,9-12,14H2,1-3H3,(H,24,27);1-2H,(H,5,6)(H,7,8)/b;2-1-/t16-,18?,20+;/m0./s1. The fourth-order valence-electron chi connectivity index (χ4n) is 5.31. The highest BCUT2D eigenvalue weighted by molar-refractivity contribution is 5.90. The SMILES string of the molecule is CCCN(CCC)C(=O)N[C@H]1CC2c3cccc4[nH]cc(c34)C[C@H]2N(C)C1.O=C(O)/C=C\C(=O)O. The molecule has 4 rings (SSSR count). The molecular formula is C26H36N4O5. The van der Waals surface area contributed by atoms with Gasteiger partial charge in [0.15, 0.2) is 0 Å². The first-order valence-corrected chi connectivity index (χ1v) is 12.2. The van der Waals surface area contributed by atoms with Crippen molar-refractivity contribution in [3.63, 3.8) is 0 Å². The van der Waals surface area contributed by atoms with Crippen molar-refractivity contribution < 1.29 is 24.6 Å². The van der Waals surface area contributed by atoms with E-state index in [1.54, 1.807) is 0 Å². The van der Waals surface area contributed by atoms with Gasteiger partial charge in [0.1, 0.15) is 0 Å². The number of benzene rings is 1. The van der Waals surface area contributed by atoms with Crippen LogP contribution in [-0.4, -0.2) is 81.7 Å². The summed E-state index contributed by atoms with van der Waals surface area (Å²) in [7, 11) is 2.21. The van der Waals surface area contributed by atoms with E-state index in [-0.39, 0.29) is 12.1 Å². The van der Waals surface area contributed by atoms with Crippen molar-refractivity contribution in [1.29, 1.82) is 0 Å². The number of rotatable bonds is 7. The number of aromatic nitrogens is 1. The van der Waals surface area contributed by atoms with E-state index in [0.29, 0.717) is 24.1 Å². The number of piperidine rings is 1. The molecule has 0 saturated carbocycles. The molecule has 1 unspecified atom stereocenters. The number of aliphatic carboxylic acids is 2. The topological polar surface area (TPSA) is 126 Å². The van der Waals surface area contributed by atoms with E-state index in [1.165, 1.54) is 22.0 Å². The number of fused-ring (bicyclic) bond motifs is 2. The van der Waals surface area contributed by atoms with Crippen LogP contribution in [0.5, 0.6) is 0 Å². The predicted molar refractivity (Wildman–Crippen MR) is 135 cm³/mol. The average Bonchev–Trinajstić information content (AvgIpc) is 3.23. The minimum atomic E-state index is -1.26. The third-order valence-electron chi connectivity index (χ3n) is 6.70. The molecule has 2 aromatic rings. The number of carboxylic acids is 2. The summed E-state index contributed by atoms with van der Waals surface area (Å²) >= 11 is 0. The van der Waals surface area contributed by atoms with Crippen LogP contribution in [0.3, 0.4) is 0 Å². The summed E-state index contributed by atoms with van der Waals surface area (Å²) in [6.07, 6.45) is 7.42. The van der Waals surface area contributed by atoms with Gasteiger partial charge < -0.3 is 30.3 Å².